The highest BCUT2D eigenvalue weighted by atomic mass is 32.2. The van der Waals surface area contributed by atoms with Crippen LogP contribution in [0.25, 0.3) is 0 Å². The molecule has 0 atom stereocenters. The lowest BCUT2D eigenvalue weighted by Gasteiger charge is -2.23. The summed E-state index contributed by atoms with van der Waals surface area (Å²) >= 11 is 1.59. The number of carbonyl (C=O) groups excluding carboxylic acids is 1. The van der Waals surface area contributed by atoms with E-state index >= 15 is 0 Å². The summed E-state index contributed by atoms with van der Waals surface area (Å²) in [4.78, 5) is 16.9. The minimum absolute atomic E-state index is 0.0177. The van der Waals surface area contributed by atoms with Gasteiger partial charge in [0.15, 0.2) is 0 Å². The fraction of sp³-hybridized carbons (Fsp3) is 0.174. The second-order valence-corrected chi connectivity index (χ2v) is 7.79. The molecule has 1 amide bonds. The van der Waals surface area contributed by atoms with Crippen LogP contribution in [0.5, 0.6) is 0 Å². The van der Waals surface area contributed by atoms with Gasteiger partial charge in [-0.3, -0.25) is 4.79 Å². The van der Waals surface area contributed by atoms with Gasteiger partial charge in [0.25, 0.3) is 5.91 Å². The predicted molar refractivity (Wildman–Crippen MR) is 114 cm³/mol. The van der Waals surface area contributed by atoms with Crippen LogP contribution in [0, 0.1) is 5.82 Å². The Morgan fingerprint density at radius 1 is 1.03 bits per heavy atom. The first kappa shape index (κ1) is 19.5. The number of hydrogen-bond donors (Lipinski definition) is 1. The van der Waals surface area contributed by atoms with Gasteiger partial charge in [0.1, 0.15) is 5.82 Å². The third-order valence-electron chi connectivity index (χ3n) is 4.76. The Labute approximate surface area is 173 Å². The van der Waals surface area contributed by atoms with Crippen LogP contribution in [0.1, 0.15) is 15.9 Å². The van der Waals surface area contributed by atoms with Crippen LogP contribution in [0.4, 0.5) is 15.8 Å². The zero-order chi connectivity index (χ0) is 20.2. The highest BCUT2D eigenvalue weighted by Gasteiger charge is 2.27. The van der Waals surface area contributed by atoms with Crippen molar-refractivity contribution >= 4 is 29.0 Å². The molecule has 1 heterocycles. The van der Waals surface area contributed by atoms with Crippen LogP contribution in [-0.2, 0) is 11.3 Å². The maximum absolute atomic E-state index is 13.1. The molecule has 4 rings (SSSR count). The number of benzene rings is 3. The number of nitrogens with one attached hydrogen (secondary N) is 1. The standard InChI is InChI=1S/C23H21FN2O2S/c1-28-13-12-26-20-11-10-18(25-15-16-6-8-17(24)9-7-16)14-22(20)29-21-5-3-2-4-19(21)23(26)27/h2-11,14,25H,12-13,15H2,1H3. The van der Waals surface area contributed by atoms with Crippen molar-refractivity contribution in [1.29, 1.82) is 0 Å². The van der Waals surface area contributed by atoms with E-state index in [9.17, 15) is 9.18 Å². The first-order valence-corrected chi connectivity index (χ1v) is 10.2. The Kier molecular flexibility index (Phi) is 5.83. The smallest absolute Gasteiger partial charge is 0.259 e. The van der Waals surface area contributed by atoms with Crippen LogP contribution in [-0.4, -0.2) is 26.2 Å². The predicted octanol–water partition coefficient (Wildman–Crippen LogP) is 5.20. The first-order chi connectivity index (χ1) is 14.2. The minimum Gasteiger partial charge on any atom is -0.383 e. The molecule has 0 radical (unpaired) electrons. The van der Waals surface area contributed by atoms with Crippen LogP contribution in [0.15, 0.2) is 76.5 Å². The van der Waals surface area contributed by atoms with E-state index < -0.39 is 0 Å². The Hall–Kier alpha value is -2.83. The molecular formula is C23H21FN2O2S. The number of nitrogens with zero attached hydrogens (tertiary/aromatic N) is 1. The lowest BCUT2D eigenvalue weighted by Crippen LogP contribution is -2.33. The molecule has 6 heteroatoms. The van der Waals surface area contributed by atoms with Gasteiger partial charge in [-0.05, 0) is 48.0 Å². The first-order valence-electron chi connectivity index (χ1n) is 9.36. The summed E-state index contributed by atoms with van der Waals surface area (Å²) in [5, 5.41) is 3.38. The molecule has 0 fully saturated rings. The lowest BCUT2D eigenvalue weighted by molar-refractivity contribution is 0.0973. The van der Waals surface area contributed by atoms with E-state index in [-0.39, 0.29) is 11.7 Å². The highest BCUT2D eigenvalue weighted by Crippen LogP contribution is 2.42. The second kappa shape index (κ2) is 8.68. The van der Waals surface area contributed by atoms with Gasteiger partial charge in [-0.15, -0.1) is 0 Å². The van der Waals surface area contributed by atoms with E-state index in [0.29, 0.717) is 25.3 Å². The van der Waals surface area contributed by atoms with Crippen LogP contribution in [0.3, 0.4) is 0 Å². The topological polar surface area (TPSA) is 41.6 Å². The number of methoxy groups -OCH3 is 1. The molecule has 1 aliphatic rings. The van der Waals surface area contributed by atoms with E-state index in [2.05, 4.69) is 11.4 Å². The average molecular weight is 408 g/mol. The summed E-state index contributed by atoms with van der Waals surface area (Å²) in [6, 6.07) is 20.1. The largest absolute Gasteiger partial charge is 0.383 e. The molecular weight excluding hydrogens is 387 g/mol. The number of carbonyl (C=O) groups is 1. The normalized spacial score (nSPS) is 12.9. The number of halogens is 1. The molecule has 3 aromatic carbocycles. The summed E-state index contributed by atoms with van der Waals surface area (Å²) in [5.74, 6) is -0.259. The van der Waals surface area contributed by atoms with E-state index in [1.807, 2.05) is 36.4 Å². The van der Waals surface area contributed by atoms with Gasteiger partial charge in [0, 0.05) is 35.7 Å². The number of anilines is 2. The fourth-order valence-corrected chi connectivity index (χ4v) is 4.36. The summed E-state index contributed by atoms with van der Waals surface area (Å²) < 4.78 is 18.3. The maximum atomic E-state index is 13.1. The highest BCUT2D eigenvalue weighted by molar-refractivity contribution is 7.99. The summed E-state index contributed by atoms with van der Waals surface area (Å²) in [6.45, 7) is 1.54. The number of amides is 1. The van der Waals surface area contributed by atoms with E-state index in [4.69, 9.17) is 4.74 Å². The van der Waals surface area contributed by atoms with Crippen molar-refractivity contribution in [2.75, 3.05) is 30.5 Å². The molecule has 0 aliphatic carbocycles. The molecule has 3 aromatic rings. The Morgan fingerprint density at radius 2 is 1.83 bits per heavy atom. The second-order valence-electron chi connectivity index (χ2n) is 6.71. The van der Waals surface area contributed by atoms with Gasteiger partial charge >= 0.3 is 0 Å². The molecule has 4 nitrogen and oxygen atoms in total. The Morgan fingerprint density at radius 3 is 2.62 bits per heavy atom. The van der Waals surface area contributed by atoms with Crippen molar-refractivity contribution in [3.05, 3.63) is 83.7 Å². The molecule has 0 bridgehead atoms. The molecule has 0 saturated carbocycles. The summed E-state index contributed by atoms with van der Waals surface area (Å²) in [6.07, 6.45) is 0. The van der Waals surface area contributed by atoms with Crippen molar-refractivity contribution in [2.24, 2.45) is 0 Å². The van der Waals surface area contributed by atoms with E-state index in [1.165, 1.54) is 12.1 Å². The molecule has 29 heavy (non-hydrogen) atoms. The molecule has 148 valence electrons. The van der Waals surface area contributed by atoms with Crippen molar-refractivity contribution in [2.45, 2.75) is 16.3 Å². The zero-order valence-corrected chi connectivity index (χ0v) is 16.8. The van der Waals surface area contributed by atoms with Crippen molar-refractivity contribution in [3.8, 4) is 0 Å². The van der Waals surface area contributed by atoms with Crippen LogP contribution >= 0.6 is 11.8 Å². The number of fused-ring (bicyclic) bond motifs is 2. The summed E-state index contributed by atoms with van der Waals surface area (Å²) in [5.41, 5.74) is 3.52. The lowest BCUT2D eigenvalue weighted by atomic mass is 10.1. The zero-order valence-electron chi connectivity index (χ0n) is 16.0. The number of ether oxygens (including phenoxy) is 1. The third kappa shape index (κ3) is 4.28. The average Bonchev–Trinajstić information content (AvgIpc) is 2.86. The number of hydrogen-bond acceptors (Lipinski definition) is 4. The SMILES string of the molecule is COCCN1C(=O)c2ccccc2Sc2cc(NCc3ccc(F)cc3)ccc21. The van der Waals surface area contributed by atoms with Crippen molar-refractivity contribution in [3.63, 3.8) is 0 Å². The van der Waals surface area contributed by atoms with Crippen LogP contribution < -0.4 is 10.2 Å². The monoisotopic (exact) mass is 408 g/mol. The van der Waals surface area contributed by atoms with Gasteiger partial charge in [0.2, 0.25) is 0 Å². The third-order valence-corrected chi connectivity index (χ3v) is 5.88. The molecule has 0 saturated heterocycles. The van der Waals surface area contributed by atoms with Gasteiger partial charge in [0.05, 0.1) is 17.9 Å². The Bertz CT molecular complexity index is 1020. The van der Waals surface area contributed by atoms with Gasteiger partial charge in [-0.2, -0.15) is 0 Å². The van der Waals surface area contributed by atoms with E-state index in [0.717, 1.165) is 26.7 Å². The Balaban J connectivity index is 1.63. The van der Waals surface area contributed by atoms with Gasteiger partial charge in [-0.25, -0.2) is 4.39 Å². The molecule has 1 N–H and O–H groups in total. The minimum atomic E-state index is -0.241. The van der Waals surface area contributed by atoms with Crippen LogP contribution in [0.2, 0.25) is 0 Å². The maximum Gasteiger partial charge on any atom is 0.259 e. The molecule has 0 spiro atoms. The summed E-state index contributed by atoms with van der Waals surface area (Å²) in [7, 11) is 1.63. The number of rotatable bonds is 6. The van der Waals surface area contributed by atoms with Gasteiger partial charge in [-0.1, -0.05) is 36.0 Å². The molecule has 0 aromatic heterocycles. The quantitative estimate of drug-likeness (QED) is 0.609. The molecule has 1 aliphatic heterocycles. The van der Waals surface area contributed by atoms with Crippen molar-refractivity contribution < 1.29 is 13.9 Å². The van der Waals surface area contributed by atoms with Crippen molar-refractivity contribution in [1.82, 2.24) is 0 Å². The van der Waals surface area contributed by atoms with E-state index in [1.54, 1.807) is 35.9 Å². The van der Waals surface area contributed by atoms with Gasteiger partial charge < -0.3 is 15.0 Å². The fourth-order valence-electron chi connectivity index (χ4n) is 3.25. The molecule has 0 unspecified atom stereocenters.